The number of hydrogen-bond donors (Lipinski definition) is 2. The number of halogens is 1. The van der Waals surface area contributed by atoms with Gasteiger partial charge in [-0.15, -0.1) is 0 Å². The fourth-order valence-corrected chi connectivity index (χ4v) is 3.18. The van der Waals surface area contributed by atoms with E-state index in [1.165, 1.54) is 18.2 Å². The van der Waals surface area contributed by atoms with Crippen LogP contribution in [0.1, 0.15) is 18.4 Å². The van der Waals surface area contributed by atoms with E-state index in [0.29, 0.717) is 16.3 Å². The van der Waals surface area contributed by atoms with Crippen LogP contribution in [0, 0.1) is 21.4 Å². The number of ether oxygens (including phenoxy) is 1. The summed E-state index contributed by atoms with van der Waals surface area (Å²) in [7, 11) is 0. The van der Waals surface area contributed by atoms with Crippen LogP contribution in [0.4, 0.5) is 11.4 Å². The van der Waals surface area contributed by atoms with Crippen molar-refractivity contribution >= 4 is 28.9 Å². The molecule has 1 amide bonds. The van der Waals surface area contributed by atoms with Crippen molar-refractivity contribution in [2.75, 3.05) is 5.32 Å². The van der Waals surface area contributed by atoms with Crippen LogP contribution in [0.5, 0.6) is 0 Å². The van der Waals surface area contributed by atoms with Crippen LogP contribution < -0.4 is 11.1 Å². The molecule has 3 rings (SSSR count). The van der Waals surface area contributed by atoms with Gasteiger partial charge in [-0.25, -0.2) is 0 Å². The summed E-state index contributed by atoms with van der Waals surface area (Å²) in [6.45, 7) is 1.54. The lowest BCUT2D eigenvalue weighted by Crippen LogP contribution is -2.27. The number of nitro benzene ring substituents is 1. The first kappa shape index (κ1) is 19.9. The van der Waals surface area contributed by atoms with Crippen molar-refractivity contribution in [3.63, 3.8) is 0 Å². The third-order valence-electron chi connectivity index (χ3n) is 4.37. The number of nitro groups is 1. The van der Waals surface area contributed by atoms with Crippen molar-refractivity contribution in [1.29, 1.82) is 5.26 Å². The Labute approximate surface area is 171 Å². The number of nitriles is 1. The molecule has 0 saturated carbocycles. The zero-order chi connectivity index (χ0) is 21.1. The topological polar surface area (TPSA) is 131 Å². The van der Waals surface area contributed by atoms with Gasteiger partial charge in [0.05, 0.1) is 16.4 Å². The molecule has 1 heterocycles. The van der Waals surface area contributed by atoms with Crippen LogP contribution in [-0.2, 0) is 9.53 Å². The second kappa shape index (κ2) is 8.04. The van der Waals surface area contributed by atoms with Gasteiger partial charge in [0.2, 0.25) is 5.88 Å². The largest absolute Gasteiger partial charge is 0.445 e. The SMILES string of the molecule is CC1=C(C(=O)Nc2ccc(Cl)cc2)C(c2cccc([N+](=O)[O-])c2)C(C#N)=C(N)O1. The second-order valence-electron chi connectivity index (χ2n) is 6.21. The van der Waals surface area contributed by atoms with Gasteiger partial charge in [0.15, 0.2) is 0 Å². The summed E-state index contributed by atoms with van der Waals surface area (Å²) in [4.78, 5) is 23.7. The lowest BCUT2D eigenvalue weighted by molar-refractivity contribution is -0.384. The van der Waals surface area contributed by atoms with E-state index in [1.54, 1.807) is 37.3 Å². The molecule has 0 radical (unpaired) electrons. The van der Waals surface area contributed by atoms with Gasteiger partial charge in [0.25, 0.3) is 11.6 Å². The molecule has 0 spiro atoms. The minimum Gasteiger partial charge on any atom is -0.445 e. The molecule has 146 valence electrons. The van der Waals surface area contributed by atoms with E-state index in [2.05, 4.69) is 5.32 Å². The first-order valence-electron chi connectivity index (χ1n) is 8.41. The maximum absolute atomic E-state index is 13.0. The lowest BCUT2D eigenvalue weighted by atomic mass is 9.82. The molecule has 2 aromatic carbocycles. The summed E-state index contributed by atoms with van der Waals surface area (Å²) in [5.74, 6) is -1.39. The van der Waals surface area contributed by atoms with Crippen LogP contribution >= 0.6 is 11.6 Å². The lowest BCUT2D eigenvalue weighted by Gasteiger charge is -2.27. The van der Waals surface area contributed by atoms with Crippen molar-refractivity contribution in [2.24, 2.45) is 5.73 Å². The van der Waals surface area contributed by atoms with Crippen molar-refractivity contribution in [2.45, 2.75) is 12.8 Å². The zero-order valence-corrected chi connectivity index (χ0v) is 15.9. The first-order valence-corrected chi connectivity index (χ1v) is 8.79. The van der Waals surface area contributed by atoms with Crippen LogP contribution in [0.3, 0.4) is 0 Å². The number of hydrogen-bond acceptors (Lipinski definition) is 6. The maximum atomic E-state index is 13.0. The molecule has 2 aromatic rings. The van der Waals surface area contributed by atoms with E-state index in [-0.39, 0.29) is 28.5 Å². The molecule has 8 nitrogen and oxygen atoms in total. The van der Waals surface area contributed by atoms with Crippen LogP contribution in [0.2, 0.25) is 5.02 Å². The third-order valence-corrected chi connectivity index (χ3v) is 4.62. The molecule has 3 N–H and O–H groups in total. The molecular formula is C20H15ClN4O4. The van der Waals surface area contributed by atoms with Crippen LogP contribution in [0.25, 0.3) is 0 Å². The van der Waals surface area contributed by atoms with Gasteiger partial charge < -0.3 is 15.8 Å². The molecule has 1 aliphatic rings. The predicted octanol–water partition coefficient (Wildman–Crippen LogP) is 3.97. The number of benzene rings is 2. The zero-order valence-electron chi connectivity index (χ0n) is 15.2. The van der Waals surface area contributed by atoms with Gasteiger partial charge >= 0.3 is 0 Å². The number of nitrogens with zero attached hydrogens (tertiary/aromatic N) is 2. The van der Waals surface area contributed by atoms with Crippen molar-refractivity contribution in [3.8, 4) is 6.07 Å². The number of carbonyl (C=O) groups is 1. The van der Waals surface area contributed by atoms with E-state index < -0.39 is 16.7 Å². The average Bonchev–Trinajstić information content (AvgIpc) is 2.69. The van der Waals surface area contributed by atoms with Gasteiger partial charge in [-0.1, -0.05) is 23.7 Å². The van der Waals surface area contributed by atoms with Crippen molar-refractivity contribution in [1.82, 2.24) is 0 Å². The number of allylic oxidation sites excluding steroid dienone is 2. The molecule has 0 fully saturated rings. The summed E-state index contributed by atoms with van der Waals surface area (Å²) in [5.41, 5.74) is 6.68. The van der Waals surface area contributed by atoms with Crippen molar-refractivity contribution < 1.29 is 14.5 Å². The highest BCUT2D eigenvalue weighted by atomic mass is 35.5. The molecule has 0 aliphatic carbocycles. The smallest absolute Gasteiger partial charge is 0.269 e. The highest BCUT2D eigenvalue weighted by molar-refractivity contribution is 6.30. The minimum atomic E-state index is -0.916. The maximum Gasteiger partial charge on any atom is 0.269 e. The Morgan fingerprint density at radius 1 is 1.31 bits per heavy atom. The highest BCUT2D eigenvalue weighted by Gasteiger charge is 2.36. The molecule has 1 atom stereocenters. The number of carbonyl (C=O) groups excluding carboxylic acids is 1. The molecule has 0 aromatic heterocycles. The van der Waals surface area contributed by atoms with Gasteiger partial charge in [0.1, 0.15) is 17.4 Å². The Balaban J connectivity index is 2.07. The fourth-order valence-electron chi connectivity index (χ4n) is 3.06. The number of nitrogens with one attached hydrogen (secondary N) is 1. The third kappa shape index (κ3) is 4.05. The van der Waals surface area contributed by atoms with E-state index in [9.17, 15) is 20.2 Å². The van der Waals surface area contributed by atoms with Gasteiger partial charge in [0, 0.05) is 22.8 Å². The molecule has 29 heavy (non-hydrogen) atoms. The number of anilines is 1. The fraction of sp³-hybridized carbons (Fsp3) is 0.100. The van der Waals surface area contributed by atoms with E-state index in [1.807, 2.05) is 6.07 Å². The van der Waals surface area contributed by atoms with Gasteiger partial charge in [-0.05, 0) is 36.8 Å². The summed E-state index contributed by atoms with van der Waals surface area (Å²) < 4.78 is 5.41. The number of rotatable bonds is 4. The molecule has 1 aliphatic heterocycles. The summed E-state index contributed by atoms with van der Waals surface area (Å²) >= 11 is 5.86. The molecule has 9 heteroatoms. The normalized spacial score (nSPS) is 16.1. The number of non-ortho nitro benzene ring substituents is 1. The highest BCUT2D eigenvalue weighted by Crippen LogP contribution is 2.40. The number of nitrogens with two attached hydrogens (primary N) is 1. The molecule has 0 saturated heterocycles. The number of amides is 1. The monoisotopic (exact) mass is 410 g/mol. The van der Waals surface area contributed by atoms with Crippen LogP contribution in [0.15, 0.2) is 71.3 Å². The first-order chi connectivity index (χ1) is 13.8. The molecular weight excluding hydrogens is 396 g/mol. The average molecular weight is 411 g/mol. The quantitative estimate of drug-likeness (QED) is 0.579. The Morgan fingerprint density at radius 3 is 2.62 bits per heavy atom. The summed E-state index contributed by atoms with van der Waals surface area (Å²) in [6, 6.07) is 14.1. The van der Waals surface area contributed by atoms with E-state index >= 15 is 0 Å². The van der Waals surface area contributed by atoms with Gasteiger partial charge in [-0.2, -0.15) is 5.26 Å². The molecule has 0 bridgehead atoms. The Morgan fingerprint density at radius 2 is 2.00 bits per heavy atom. The minimum absolute atomic E-state index is 0.00245. The second-order valence-corrected chi connectivity index (χ2v) is 6.64. The van der Waals surface area contributed by atoms with Crippen molar-refractivity contribution in [3.05, 3.63) is 92.0 Å². The predicted molar refractivity (Wildman–Crippen MR) is 107 cm³/mol. The molecule has 1 unspecified atom stereocenters. The summed E-state index contributed by atoms with van der Waals surface area (Å²) in [5, 5.41) is 24.0. The Hall–Kier alpha value is -3.83. The van der Waals surface area contributed by atoms with Crippen LogP contribution in [-0.4, -0.2) is 10.8 Å². The Kier molecular flexibility index (Phi) is 5.52. The standard InChI is InChI=1S/C20H15ClN4O4/c1-11-17(20(26)24-14-7-5-13(21)6-8-14)18(16(10-22)19(23)29-11)12-3-2-4-15(9-12)25(27)28/h2-9,18H,23H2,1H3,(H,24,26). The van der Waals surface area contributed by atoms with E-state index in [4.69, 9.17) is 22.1 Å². The Bertz CT molecular complexity index is 1100. The van der Waals surface area contributed by atoms with Gasteiger partial charge in [-0.3, -0.25) is 14.9 Å². The summed E-state index contributed by atoms with van der Waals surface area (Å²) in [6.07, 6.45) is 0. The van der Waals surface area contributed by atoms with E-state index in [0.717, 1.165) is 0 Å².